The highest BCUT2D eigenvalue weighted by atomic mass is 32.1. The standard InChI is InChI=1S/C18H16N4O4S/c23-15(20-12-5-1-2-6-13(12)22(25)26)8-9-21-10-19-17-16(18(21)24)11-4-3-7-14(11)27-17/h1-2,5-6,10H,3-4,7-9H2,(H,20,23). The molecule has 1 amide bonds. The number of thiophene rings is 1. The monoisotopic (exact) mass is 384 g/mol. The molecule has 9 heteroatoms. The third kappa shape index (κ3) is 3.21. The molecule has 1 N–H and O–H groups in total. The first-order chi connectivity index (χ1) is 13.0. The minimum Gasteiger partial charge on any atom is -0.320 e. The number of nitrogens with one attached hydrogen (secondary N) is 1. The Labute approximate surface area is 157 Å². The number of fused-ring (bicyclic) bond motifs is 3. The van der Waals surface area contributed by atoms with Crippen molar-refractivity contribution >= 4 is 38.8 Å². The number of benzene rings is 1. The number of rotatable bonds is 5. The fourth-order valence-corrected chi connectivity index (χ4v) is 4.57. The van der Waals surface area contributed by atoms with E-state index in [-0.39, 0.29) is 29.9 Å². The fraction of sp³-hybridized carbons (Fsp3) is 0.278. The molecule has 0 aliphatic heterocycles. The van der Waals surface area contributed by atoms with E-state index in [1.165, 1.54) is 34.0 Å². The summed E-state index contributed by atoms with van der Waals surface area (Å²) in [6, 6.07) is 5.95. The summed E-state index contributed by atoms with van der Waals surface area (Å²) in [5.74, 6) is -0.396. The lowest BCUT2D eigenvalue weighted by Gasteiger charge is -2.07. The summed E-state index contributed by atoms with van der Waals surface area (Å²) >= 11 is 1.57. The summed E-state index contributed by atoms with van der Waals surface area (Å²) in [6.07, 6.45) is 4.44. The highest BCUT2D eigenvalue weighted by Crippen LogP contribution is 2.34. The lowest BCUT2D eigenvalue weighted by molar-refractivity contribution is -0.383. The minimum absolute atomic E-state index is 0.0193. The van der Waals surface area contributed by atoms with Crippen LogP contribution in [0, 0.1) is 10.1 Å². The number of nitro benzene ring substituents is 1. The van der Waals surface area contributed by atoms with Gasteiger partial charge in [-0.15, -0.1) is 11.3 Å². The molecular formula is C18H16N4O4S. The largest absolute Gasteiger partial charge is 0.320 e. The van der Waals surface area contributed by atoms with E-state index in [2.05, 4.69) is 10.3 Å². The summed E-state index contributed by atoms with van der Waals surface area (Å²) < 4.78 is 1.44. The Hall–Kier alpha value is -3.07. The molecule has 3 aromatic rings. The van der Waals surface area contributed by atoms with Gasteiger partial charge in [-0.3, -0.25) is 24.3 Å². The number of hydrogen-bond acceptors (Lipinski definition) is 6. The topological polar surface area (TPSA) is 107 Å². The van der Waals surface area contributed by atoms with Crippen LogP contribution in [-0.2, 0) is 24.2 Å². The third-order valence-electron chi connectivity index (χ3n) is 4.65. The molecule has 2 aromatic heterocycles. The van der Waals surface area contributed by atoms with Gasteiger partial charge in [0, 0.05) is 23.9 Å². The molecule has 0 atom stereocenters. The minimum atomic E-state index is -0.547. The van der Waals surface area contributed by atoms with Crippen molar-refractivity contribution in [1.82, 2.24) is 9.55 Å². The van der Waals surface area contributed by atoms with Crippen LogP contribution >= 0.6 is 11.3 Å². The van der Waals surface area contributed by atoms with Crippen molar-refractivity contribution in [3.05, 3.63) is 61.5 Å². The first-order valence-electron chi connectivity index (χ1n) is 8.57. The highest BCUT2D eigenvalue weighted by Gasteiger charge is 2.21. The molecule has 1 aromatic carbocycles. The molecule has 27 heavy (non-hydrogen) atoms. The normalized spacial score (nSPS) is 12.9. The van der Waals surface area contributed by atoms with Crippen LogP contribution < -0.4 is 10.9 Å². The van der Waals surface area contributed by atoms with Gasteiger partial charge in [0.1, 0.15) is 10.5 Å². The van der Waals surface area contributed by atoms with Crippen LogP contribution in [0.25, 0.3) is 10.2 Å². The van der Waals surface area contributed by atoms with Crippen LogP contribution in [0.5, 0.6) is 0 Å². The maximum absolute atomic E-state index is 12.8. The molecule has 8 nitrogen and oxygen atoms in total. The maximum atomic E-state index is 12.8. The van der Waals surface area contributed by atoms with Crippen molar-refractivity contribution < 1.29 is 9.72 Å². The molecule has 0 spiro atoms. The van der Waals surface area contributed by atoms with Crippen LogP contribution in [0.3, 0.4) is 0 Å². The number of nitrogens with zero attached hydrogens (tertiary/aromatic N) is 3. The van der Waals surface area contributed by atoms with Crippen molar-refractivity contribution in [3.8, 4) is 0 Å². The van der Waals surface area contributed by atoms with E-state index in [9.17, 15) is 19.7 Å². The zero-order chi connectivity index (χ0) is 19.0. The van der Waals surface area contributed by atoms with Crippen LogP contribution in [0.15, 0.2) is 35.4 Å². The van der Waals surface area contributed by atoms with Gasteiger partial charge >= 0.3 is 0 Å². The van der Waals surface area contributed by atoms with Gasteiger partial charge in [-0.05, 0) is 30.9 Å². The zero-order valence-corrected chi connectivity index (χ0v) is 15.1. The number of hydrogen-bond donors (Lipinski definition) is 1. The van der Waals surface area contributed by atoms with Gasteiger partial charge in [0.2, 0.25) is 5.91 Å². The number of anilines is 1. The van der Waals surface area contributed by atoms with Crippen molar-refractivity contribution in [2.24, 2.45) is 0 Å². The Balaban J connectivity index is 1.51. The Bertz CT molecular complexity index is 1120. The second-order valence-corrected chi connectivity index (χ2v) is 7.44. The van der Waals surface area contributed by atoms with Gasteiger partial charge in [-0.25, -0.2) is 4.98 Å². The van der Waals surface area contributed by atoms with Crippen molar-refractivity contribution in [1.29, 1.82) is 0 Å². The number of carbonyl (C=O) groups excluding carboxylic acids is 1. The summed E-state index contributed by atoms with van der Waals surface area (Å²) in [5.41, 5.74) is 0.952. The second-order valence-electron chi connectivity index (χ2n) is 6.35. The average Bonchev–Trinajstić information content (AvgIpc) is 3.22. The molecule has 0 bridgehead atoms. The summed E-state index contributed by atoms with van der Waals surface area (Å²) in [6.45, 7) is 0.166. The van der Waals surface area contributed by atoms with E-state index in [1.807, 2.05) is 0 Å². The number of carbonyl (C=O) groups is 1. The number of para-hydroxylation sites is 2. The summed E-state index contributed by atoms with van der Waals surface area (Å²) in [5, 5.41) is 14.2. The van der Waals surface area contributed by atoms with Gasteiger partial charge in [-0.2, -0.15) is 0 Å². The van der Waals surface area contributed by atoms with E-state index in [0.717, 1.165) is 29.7 Å². The van der Waals surface area contributed by atoms with E-state index in [4.69, 9.17) is 0 Å². The summed E-state index contributed by atoms with van der Waals surface area (Å²) in [4.78, 5) is 41.8. The first-order valence-corrected chi connectivity index (χ1v) is 9.39. The predicted molar refractivity (Wildman–Crippen MR) is 102 cm³/mol. The SMILES string of the molecule is O=C(CCn1cnc2sc3c(c2c1=O)CCC3)Nc1ccccc1[N+](=O)[O-]. The maximum Gasteiger partial charge on any atom is 0.292 e. The Kier molecular flexibility index (Phi) is 4.44. The van der Waals surface area contributed by atoms with Crippen molar-refractivity contribution in [3.63, 3.8) is 0 Å². The van der Waals surface area contributed by atoms with Crippen molar-refractivity contribution in [2.45, 2.75) is 32.2 Å². The third-order valence-corrected chi connectivity index (χ3v) is 5.85. The summed E-state index contributed by atoms with van der Waals surface area (Å²) in [7, 11) is 0. The van der Waals surface area contributed by atoms with E-state index in [0.29, 0.717) is 5.39 Å². The van der Waals surface area contributed by atoms with E-state index >= 15 is 0 Å². The van der Waals surface area contributed by atoms with Crippen LogP contribution in [-0.4, -0.2) is 20.4 Å². The number of aromatic nitrogens is 2. The number of aryl methyl sites for hydroxylation is 3. The molecule has 0 radical (unpaired) electrons. The molecule has 1 aliphatic rings. The lowest BCUT2D eigenvalue weighted by Crippen LogP contribution is -2.24. The smallest absolute Gasteiger partial charge is 0.292 e. The Morgan fingerprint density at radius 1 is 1.33 bits per heavy atom. The van der Waals surface area contributed by atoms with Crippen LogP contribution in [0.1, 0.15) is 23.3 Å². The molecule has 1 aliphatic carbocycles. The average molecular weight is 384 g/mol. The Morgan fingerprint density at radius 3 is 2.96 bits per heavy atom. The molecule has 0 saturated carbocycles. The second kappa shape index (κ2) is 6.92. The number of amides is 1. The van der Waals surface area contributed by atoms with Gasteiger partial charge < -0.3 is 5.32 Å². The Morgan fingerprint density at radius 2 is 2.15 bits per heavy atom. The van der Waals surface area contributed by atoms with Gasteiger partial charge in [0.05, 0.1) is 16.6 Å². The molecule has 138 valence electrons. The quantitative estimate of drug-likeness (QED) is 0.538. The molecule has 0 fully saturated rings. The van der Waals surface area contributed by atoms with Gasteiger partial charge in [0.25, 0.3) is 11.2 Å². The van der Waals surface area contributed by atoms with Crippen LogP contribution in [0.2, 0.25) is 0 Å². The van der Waals surface area contributed by atoms with Gasteiger partial charge in [-0.1, -0.05) is 12.1 Å². The lowest BCUT2D eigenvalue weighted by atomic mass is 10.2. The van der Waals surface area contributed by atoms with E-state index in [1.54, 1.807) is 17.4 Å². The molecular weight excluding hydrogens is 368 g/mol. The van der Waals surface area contributed by atoms with Crippen molar-refractivity contribution in [2.75, 3.05) is 5.32 Å². The number of nitro groups is 1. The fourth-order valence-electron chi connectivity index (χ4n) is 3.35. The van der Waals surface area contributed by atoms with Crippen LogP contribution in [0.4, 0.5) is 11.4 Å². The van der Waals surface area contributed by atoms with E-state index < -0.39 is 10.8 Å². The molecule has 0 saturated heterocycles. The zero-order valence-electron chi connectivity index (χ0n) is 14.3. The van der Waals surface area contributed by atoms with Gasteiger partial charge in [0.15, 0.2) is 0 Å². The first kappa shape index (κ1) is 17.3. The molecule has 4 rings (SSSR count). The predicted octanol–water partition coefficient (Wildman–Crippen LogP) is 2.88. The molecule has 0 unspecified atom stereocenters. The molecule has 2 heterocycles. The highest BCUT2D eigenvalue weighted by molar-refractivity contribution is 7.18.